The third-order valence-corrected chi connectivity index (χ3v) is 9.59. The van der Waals surface area contributed by atoms with Crippen LogP contribution in [0.1, 0.15) is 140 Å². The predicted octanol–water partition coefficient (Wildman–Crippen LogP) is 10.6. The van der Waals surface area contributed by atoms with E-state index < -0.39 is 0 Å². The van der Waals surface area contributed by atoms with Crippen molar-refractivity contribution in [2.45, 2.75) is 128 Å². The van der Waals surface area contributed by atoms with E-state index in [1.54, 1.807) is 0 Å². The first kappa shape index (κ1) is 25.8. The Labute approximate surface area is 216 Å². The van der Waals surface area contributed by atoms with E-state index in [0.717, 1.165) is 48.9 Å². The lowest BCUT2D eigenvalue weighted by molar-refractivity contribution is 0.300. The van der Waals surface area contributed by atoms with Gasteiger partial charge in [0.15, 0.2) is 11.6 Å². The Morgan fingerprint density at radius 1 is 0.611 bits per heavy atom. The molecule has 0 aliphatic heterocycles. The van der Waals surface area contributed by atoms with Gasteiger partial charge in [0.05, 0.1) is 11.0 Å². The van der Waals surface area contributed by atoms with Crippen molar-refractivity contribution in [2.75, 3.05) is 0 Å². The molecule has 2 aliphatic carbocycles. The normalized spacial score (nSPS) is 25.2. The molecule has 0 saturated heterocycles. The Morgan fingerprint density at radius 2 is 1.00 bits per heavy atom. The Bertz CT molecular complexity index is 984. The highest BCUT2D eigenvalue weighted by Gasteiger charge is 2.28. The van der Waals surface area contributed by atoms with Gasteiger partial charge >= 0.3 is 0 Å². The van der Waals surface area contributed by atoms with E-state index in [9.17, 15) is 0 Å². The van der Waals surface area contributed by atoms with E-state index in [1.807, 2.05) is 12.1 Å². The summed E-state index contributed by atoms with van der Waals surface area (Å²) in [6.45, 7) is 4.51. The molecule has 198 valence electrons. The minimum atomic E-state index is -0.295. The lowest BCUT2D eigenvalue weighted by Crippen LogP contribution is -2.13. The zero-order valence-corrected chi connectivity index (χ0v) is 22.5. The number of nitrogens with one attached hydrogen (secondary N) is 2. The number of hydrogen-bond donors (Lipinski definition) is 2. The average molecular weight is 497 g/mol. The molecule has 0 spiro atoms. The maximum absolute atomic E-state index is 15.7. The Morgan fingerprint density at radius 3 is 1.36 bits per heavy atom. The highest BCUT2D eigenvalue weighted by Crippen LogP contribution is 2.42. The van der Waals surface area contributed by atoms with Gasteiger partial charge in [-0.25, -0.2) is 8.78 Å². The summed E-state index contributed by atoms with van der Waals surface area (Å²) in [5.41, 5.74) is 2.74. The van der Waals surface area contributed by atoms with Crippen LogP contribution in [0.5, 0.6) is 0 Å². The first-order chi connectivity index (χ1) is 17.6. The second kappa shape index (κ2) is 11.7. The fraction of sp³-hybridized carbons (Fsp3) is 0.688. The molecule has 0 radical (unpaired) electrons. The lowest BCUT2D eigenvalue weighted by Gasteiger charge is -2.28. The van der Waals surface area contributed by atoms with E-state index >= 15 is 8.78 Å². The maximum Gasteiger partial charge on any atom is 0.156 e. The SMILES string of the molecule is CCCCCC1CCC(c2cc3c(F)c4[nH]c(C5CCC(CCCCC)CC5)cc4c(F)c3[nH]2)CC1. The Hall–Kier alpha value is -1.84. The number of H-pyrrole nitrogens is 2. The number of aromatic amines is 2. The summed E-state index contributed by atoms with van der Waals surface area (Å²) in [7, 11) is 0. The van der Waals surface area contributed by atoms with Crippen molar-refractivity contribution >= 4 is 21.8 Å². The van der Waals surface area contributed by atoms with Crippen LogP contribution in [-0.2, 0) is 0 Å². The fourth-order valence-electron chi connectivity index (χ4n) is 7.24. The van der Waals surface area contributed by atoms with E-state index in [2.05, 4.69) is 23.8 Å². The number of halogens is 2. The van der Waals surface area contributed by atoms with Crippen LogP contribution in [-0.4, -0.2) is 9.97 Å². The molecule has 0 atom stereocenters. The molecule has 1 aromatic carbocycles. The van der Waals surface area contributed by atoms with E-state index in [0.29, 0.717) is 33.6 Å². The fourth-order valence-corrected chi connectivity index (χ4v) is 7.24. The van der Waals surface area contributed by atoms with Gasteiger partial charge in [-0.05, 0) is 87.2 Å². The van der Waals surface area contributed by atoms with Crippen molar-refractivity contribution in [3.05, 3.63) is 35.2 Å². The number of unbranched alkanes of at least 4 members (excludes halogenated alkanes) is 4. The molecule has 5 rings (SSSR count). The highest BCUT2D eigenvalue weighted by molar-refractivity contribution is 5.98. The summed E-state index contributed by atoms with van der Waals surface area (Å²) in [6.07, 6.45) is 20.0. The standard InChI is InChI=1S/C32H46F2N2/c1-3-5-7-9-21-11-15-23(16-12-21)27-19-25-29(33)32-26(30(34)31(25)35-27)20-28(36-32)24-17-13-22(14-18-24)10-8-6-4-2/h19-24,35-36H,3-18H2,1-2H3. The topological polar surface area (TPSA) is 31.6 Å². The maximum atomic E-state index is 15.7. The van der Waals surface area contributed by atoms with E-state index in [-0.39, 0.29) is 11.6 Å². The van der Waals surface area contributed by atoms with Crippen LogP contribution >= 0.6 is 0 Å². The lowest BCUT2D eigenvalue weighted by atomic mass is 9.78. The smallest absolute Gasteiger partial charge is 0.156 e. The number of rotatable bonds is 10. The van der Waals surface area contributed by atoms with Gasteiger partial charge in [-0.3, -0.25) is 0 Å². The first-order valence-corrected chi connectivity index (χ1v) is 15.1. The van der Waals surface area contributed by atoms with Crippen molar-refractivity contribution in [1.82, 2.24) is 9.97 Å². The van der Waals surface area contributed by atoms with Gasteiger partial charge in [-0.15, -0.1) is 0 Å². The van der Waals surface area contributed by atoms with E-state index in [4.69, 9.17) is 0 Å². The van der Waals surface area contributed by atoms with Gasteiger partial charge in [0, 0.05) is 22.2 Å². The number of hydrogen-bond acceptors (Lipinski definition) is 0. The van der Waals surface area contributed by atoms with Gasteiger partial charge < -0.3 is 9.97 Å². The summed E-state index contributed by atoms with van der Waals surface area (Å²) in [5, 5.41) is 0.821. The minimum absolute atomic E-state index is 0.295. The third-order valence-electron chi connectivity index (χ3n) is 9.59. The van der Waals surface area contributed by atoms with Crippen LogP contribution in [0, 0.1) is 23.5 Å². The van der Waals surface area contributed by atoms with Crippen molar-refractivity contribution in [1.29, 1.82) is 0 Å². The van der Waals surface area contributed by atoms with Crippen LogP contribution in [0.25, 0.3) is 21.8 Å². The van der Waals surface area contributed by atoms with Crippen molar-refractivity contribution in [2.24, 2.45) is 11.8 Å². The molecule has 0 amide bonds. The molecular formula is C32H46F2N2. The van der Waals surface area contributed by atoms with E-state index in [1.165, 1.54) is 77.0 Å². The zero-order chi connectivity index (χ0) is 25.1. The molecular weight excluding hydrogens is 450 g/mol. The Balaban J connectivity index is 1.29. The molecule has 2 saturated carbocycles. The minimum Gasteiger partial charge on any atom is -0.356 e. The van der Waals surface area contributed by atoms with Crippen LogP contribution in [0.4, 0.5) is 8.78 Å². The van der Waals surface area contributed by atoms with Gasteiger partial charge in [0.2, 0.25) is 0 Å². The number of fused-ring (bicyclic) bond motifs is 2. The molecule has 2 heterocycles. The molecule has 2 aliphatic rings. The number of benzene rings is 1. The van der Waals surface area contributed by atoms with Crippen LogP contribution in [0.15, 0.2) is 12.1 Å². The molecule has 3 aromatic rings. The van der Waals surface area contributed by atoms with Crippen molar-refractivity contribution < 1.29 is 8.78 Å². The molecule has 2 nitrogen and oxygen atoms in total. The second-order valence-corrected chi connectivity index (χ2v) is 12.1. The Kier molecular flexibility index (Phi) is 8.38. The van der Waals surface area contributed by atoms with Crippen LogP contribution < -0.4 is 0 Å². The average Bonchev–Trinajstić information content (AvgIpc) is 3.55. The third kappa shape index (κ3) is 5.38. The number of aromatic nitrogens is 2. The molecule has 36 heavy (non-hydrogen) atoms. The van der Waals surface area contributed by atoms with Gasteiger partial charge in [0.25, 0.3) is 0 Å². The zero-order valence-electron chi connectivity index (χ0n) is 22.5. The quantitative estimate of drug-likeness (QED) is 0.262. The summed E-state index contributed by atoms with van der Waals surface area (Å²) in [6, 6.07) is 3.80. The monoisotopic (exact) mass is 496 g/mol. The largest absolute Gasteiger partial charge is 0.356 e. The molecule has 0 unspecified atom stereocenters. The van der Waals surface area contributed by atoms with Crippen LogP contribution in [0.2, 0.25) is 0 Å². The highest BCUT2D eigenvalue weighted by atomic mass is 19.1. The van der Waals surface area contributed by atoms with Gasteiger partial charge in [0.1, 0.15) is 0 Å². The van der Waals surface area contributed by atoms with Crippen molar-refractivity contribution in [3.63, 3.8) is 0 Å². The molecule has 2 N–H and O–H groups in total. The predicted molar refractivity (Wildman–Crippen MR) is 148 cm³/mol. The van der Waals surface area contributed by atoms with Gasteiger partial charge in [-0.2, -0.15) is 0 Å². The molecule has 2 aromatic heterocycles. The second-order valence-electron chi connectivity index (χ2n) is 12.1. The van der Waals surface area contributed by atoms with Crippen LogP contribution in [0.3, 0.4) is 0 Å². The first-order valence-electron chi connectivity index (χ1n) is 15.1. The van der Waals surface area contributed by atoms with Gasteiger partial charge in [-0.1, -0.05) is 65.2 Å². The molecule has 2 fully saturated rings. The molecule has 4 heteroatoms. The molecule has 0 bridgehead atoms. The summed E-state index contributed by atoms with van der Waals surface area (Å²) >= 11 is 0. The summed E-state index contributed by atoms with van der Waals surface area (Å²) in [5.74, 6) is 1.84. The summed E-state index contributed by atoms with van der Waals surface area (Å²) < 4.78 is 31.3. The van der Waals surface area contributed by atoms with Crippen molar-refractivity contribution in [3.8, 4) is 0 Å². The summed E-state index contributed by atoms with van der Waals surface area (Å²) in [4.78, 5) is 6.65.